The number of aliphatic imine (C=N–C) groups is 1. The lowest BCUT2D eigenvalue weighted by Gasteiger charge is -2.12. The molecule has 0 saturated carbocycles. The number of nitrogens with zero attached hydrogens (tertiary/aromatic N) is 2. The van der Waals surface area contributed by atoms with Gasteiger partial charge in [0.25, 0.3) is 0 Å². The molecule has 0 fully saturated rings. The molecule has 0 saturated heterocycles. The number of hydrogen-bond donors (Lipinski definition) is 0. The van der Waals surface area contributed by atoms with Crippen LogP contribution < -0.4 is 0 Å². The zero-order valence-corrected chi connectivity index (χ0v) is 15.6. The molecule has 2 aromatic carbocycles. The van der Waals surface area contributed by atoms with Gasteiger partial charge in [-0.05, 0) is 67.6 Å². The fourth-order valence-electron chi connectivity index (χ4n) is 2.32. The third-order valence-corrected chi connectivity index (χ3v) is 4.85. The minimum Gasteiger partial charge on any atom is -0.366 e. The molecule has 2 aromatic rings. The van der Waals surface area contributed by atoms with E-state index in [1.54, 1.807) is 12.4 Å². The van der Waals surface area contributed by atoms with Crippen LogP contribution in [0.15, 0.2) is 39.8 Å². The van der Waals surface area contributed by atoms with Crippen LogP contribution in [0.2, 0.25) is 0 Å². The standard InChI is InChI=1S/C19H22BrFN2/c1-5-23(4)12-22-19-11-17(21)10-16(14(19)3)9-15-6-7-18(20)13(2)8-15/h6-8,10-12H,5,9H2,1-4H3. The van der Waals surface area contributed by atoms with Gasteiger partial charge in [0.2, 0.25) is 0 Å². The lowest BCUT2D eigenvalue weighted by Crippen LogP contribution is -2.14. The molecule has 23 heavy (non-hydrogen) atoms. The van der Waals surface area contributed by atoms with E-state index in [0.29, 0.717) is 12.1 Å². The van der Waals surface area contributed by atoms with E-state index < -0.39 is 0 Å². The third-order valence-electron chi connectivity index (χ3n) is 3.96. The van der Waals surface area contributed by atoms with Crippen LogP contribution in [0.4, 0.5) is 10.1 Å². The van der Waals surface area contributed by atoms with Crippen molar-refractivity contribution in [3.63, 3.8) is 0 Å². The molecule has 0 spiro atoms. The molecule has 2 rings (SSSR count). The van der Waals surface area contributed by atoms with Crippen LogP contribution in [0.1, 0.15) is 29.2 Å². The van der Waals surface area contributed by atoms with E-state index in [4.69, 9.17) is 0 Å². The molecular formula is C19H22BrFN2. The first-order chi connectivity index (χ1) is 10.9. The maximum atomic E-state index is 14.0. The fourth-order valence-corrected chi connectivity index (χ4v) is 2.56. The van der Waals surface area contributed by atoms with Gasteiger partial charge in [-0.15, -0.1) is 0 Å². The highest BCUT2D eigenvalue weighted by molar-refractivity contribution is 9.10. The molecule has 0 heterocycles. The summed E-state index contributed by atoms with van der Waals surface area (Å²) in [4.78, 5) is 6.39. The summed E-state index contributed by atoms with van der Waals surface area (Å²) in [6, 6.07) is 9.33. The highest BCUT2D eigenvalue weighted by Crippen LogP contribution is 2.27. The Kier molecular flexibility index (Phi) is 5.94. The van der Waals surface area contributed by atoms with Crippen molar-refractivity contribution >= 4 is 28.0 Å². The van der Waals surface area contributed by atoms with Crippen molar-refractivity contribution in [1.82, 2.24) is 4.90 Å². The Labute approximate surface area is 146 Å². The zero-order valence-electron chi connectivity index (χ0n) is 14.0. The van der Waals surface area contributed by atoms with Gasteiger partial charge >= 0.3 is 0 Å². The predicted octanol–water partition coefficient (Wildman–Crippen LogP) is 5.41. The highest BCUT2D eigenvalue weighted by Gasteiger charge is 2.08. The molecule has 0 aliphatic heterocycles. The van der Waals surface area contributed by atoms with E-state index >= 15 is 0 Å². The normalized spacial score (nSPS) is 11.2. The Morgan fingerprint density at radius 1 is 1.22 bits per heavy atom. The van der Waals surface area contributed by atoms with E-state index in [2.05, 4.69) is 40.0 Å². The molecule has 0 atom stereocenters. The van der Waals surface area contributed by atoms with Crippen molar-refractivity contribution in [3.8, 4) is 0 Å². The van der Waals surface area contributed by atoms with Gasteiger partial charge < -0.3 is 4.90 Å². The van der Waals surface area contributed by atoms with Gasteiger partial charge in [0.15, 0.2) is 0 Å². The molecule has 0 bridgehead atoms. The molecule has 0 radical (unpaired) electrons. The van der Waals surface area contributed by atoms with E-state index in [-0.39, 0.29) is 5.82 Å². The summed E-state index contributed by atoms with van der Waals surface area (Å²) < 4.78 is 15.1. The number of benzene rings is 2. The Morgan fingerprint density at radius 2 is 1.96 bits per heavy atom. The largest absolute Gasteiger partial charge is 0.366 e. The van der Waals surface area contributed by atoms with Crippen molar-refractivity contribution in [1.29, 1.82) is 0 Å². The zero-order chi connectivity index (χ0) is 17.0. The van der Waals surface area contributed by atoms with Gasteiger partial charge in [0, 0.05) is 18.1 Å². The van der Waals surface area contributed by atoms with E-state index in [1.807, 2.05) is 31.9 Å². The van der Waals surface area contributed by atoms with Crippen LogP contribution in [-0.4, -0.2) is 24.8 Å². The Morgan fingerprint density at radius 3 is 2.61 bits per heavy atom. The third kappa shape index (κ3) is 4.64. The van der Waals surface area contributed by atoms with Crippen molar-refractivity contribution in [2.75, 3.05) is 13.6 Å². The van der Waals surface area contributed by atoms with Crippen LogP contribution >= 0.6 is 15.9 Å². The first-order valence-corrected chi connectivity index (χ1v) is 8.48. The molecule has 0 N–H and O–H groups in total. The van der Waals surface area contributed by atoms with E-state index in [0.717, 1.165) is 22.1 Å². The quantitative estimate of drug-likeness (QED) is 0.503. The second kappa shape index (κ2) is 7.73. The average Bonchev–Trinajstić information content (AvgIpc) is 2.52. The summed E-state index contributed by atoms with van der Waals surface area (Å²) in [6.45, 7) is 6.97. The topological polar surface area (TPSA) is 15.6 Å². The molecule has 0 aliphatic carbocycles. The van der Waals surface area contributed by atoms with Gasteiger partial charge in [-0.3, -0.25) is 0 Å². The van der Waals surface area contributed by atoms with Crippen LogP contribution in [0.25, 0.3) is 0 Å². The first kappa shape index (κ1) is 17.7. The molecule has 0 unspecified atom stereocenters. The molecule has 2 nitrogen and oxygen atoms in total. The maximum Gasteiger partial charge on any atom is 0.125 e. The minimum absolute atomic E-state index is 0.245. The summed E-state index contributed by atoms with van der Waals surface area (Å²) in [5.74, 6) is -0.245. The lowest BCUT2D eigenvalue weighted by atomic mass is 9.98. The van der Waals surface area contributed by atoms with E-state index in [9.17, 15) is 4.39 Å². The van der Waals surface area contributed by atoms with Crippen molar-refractivity contribution in [3.05, 3.63) is 62.9 Å². The highest BCUT2D eigenvalue weighted by atomic mass is 79.9. The van der Waals surface area contributed by atoms with Gasteiger partial charge in [-0.1, -0.05) is 28.1 Å². The smallest absolute Gasteiger partial charge is 0.125 e. The Bertz CT molecular complexity index is 726. The SMILES string of the molecule is CCN(C)C=Nc1cc(F)cc(Cc2ccc(Br)c(C)c2)c1C. The summed E-state index contributed by atoms with van der Waals surface area (Å²) in [5.41, 5.74) is 5.03. The van der Waals surface area contributed by atoms with Gasteiger partial charge in [-0.2, -0.15) is 0 Å². The van der Waals surface area contributed by atoms with Crippen LogP contribution in [0, 0.1) is 19.7 Å². The van der Waals surface area contributed by atoms with Gasteiger partial charge in [0.1, 0.15) is 5.82 Å². The Hall–Kier alpha value is -1.68. The molecule has 0 aliphatic rings. The van der Waals surface area contributed by atoms with Crippen LogP contribution in [-0.2, 0) is 6.42 Å². The molecule has 4 heteroatoms. The summed E-state index contributed by atoms with van der Waals surface area (Å²) in [5, 5.41) is 0. The fraction of sp³-hybridized carbons (Fsp3) is 0.316. The predicted molar refractivity (Wildman–Crippen MR) is 99.3 cm³/mol. The van der Waals surface area contributed by atoms with Crippen molar-refractivity contribution < 1.29 is 4.39 Å². The number of hydrogen-bond acceptors (Lipinski definition) is 1. The van der Waals surface area contributed by atoms with Crippen LogP contribution in [0.3, 0.4) is 0 Å². The minimum atomic E-state index is -0.245. The van der Waals surface area contributed by atoms with E-state index in [1.165, 1.54) is 17.2 Å². The van der Waals surface area contributed by atoms with Gasteiger partial charge in [0.05, 0.1) is 12.0 Å². The summed E-state index contributed by atoms with van der Waals surface area (Å²) in [7, 11) is 1.95. The van der Waals surface area contributed by atoms with Crippen LogP contribution in [0.5, 0.6) is 0 Å². The summed E-state index contributed by atoms with van der Waals surface area (Å²) in [6.07, 6.45) is 2.44. The van der Waals surface area contributed by atoms with Crippen molar-refractivity contribution in [2.24, 2.45) is 4.99 Å². The first-order valence-electron chi connectivity index (χ1n) is 7.69. The molecule has 0 amide bonds. The number of halogens is 2. The number of rotatable bonds is 5. The monoisotopic (exact) mass is 376 g/mol. The van der Waals surface area contributed by atoms with Crippen molar-refractivity contribution in [2.45, 2.75) is 27.2 Å². The van der Waals surface area contributed by atoms with Gasteiger partial charge in [-0.25, -0.2) is 9.38 Å². The molecule has 122 valence electrons. The molecular weight excluding hydrogens is 355 g/mol. The Balaban J connectivity index is 2.33. The number of aryl methyl sites for hydroxylation is 1. The second-order valence-corrected chi connectivity index (χ2v) is 6.64. The molecule has 0 aromatic heterocycles. The average molecular weight is 377 g/mol. The lowest BCUT2D eigenvalue weighted by molar-refractivity contribution is 0.552. The summed E-state index contributed by atoms with van der Waals surface area (Å²) >= 11 is 3.51. The second-order valence-electron chi connectivity index (χ2n) is 5.79. The maximum absolute atomic E-state index is 14.0.